The summed E-state index contributed by atoms with van der Waals surface area (Å²) in [6, 6.07) is 0. The third-order valence-corrected chi connectivity index (χ3v) is 3.35. The molecule has 76 valence electrons. The van der Waals surface area contributed by atoms with Crippen molar-refractivity contribution in [3.8, 4) is 0 Å². The molecule has 1 rings (SSSR count). The molecule has 0 N–H and O–H groups in total. The van der Waals surface area contributed by atoms with Gasteiger partial charge >= 0.3 is 0 Å². The van der Waals surface area contributed by atoms with E-state index in [1.54, 1.807) is 5.57 Å². The molecule has 0 atom stereocenters. The molecule has 13 heavy (non-hydrogen) atoms. The van der Waals surface area contributed by atoms with Crippen LogP contribution in [0.25, 0.3) is 0 Å². The first-order valence-electron chi connectivity index (χ1n) is 5.72. The van der Waals surface area contributed by atoms with Gasteiger partial charge in [-0.2, -0.15) is 0 Å². The van der Waals surface area contributed by atoms with Gasteiger partial charge in [-0.25, -0.2) is 0 Å². The summed E-state index contributed by atoms with van der Waals surface area (Å²) in [6.07, 6.45) is 9.19. The zero-order valence-electron chi connectivity index (χ0n) is 9.69. The molecule has 1 aliphatic rings. The lowest BCUT2D eigenvalue weighted by Gasteiger charge is -2.34. The second-order valence-electron chi connectivity index (χ2n) is 5.41. The summed E-state index contributed by atoms with van der Waals surface area (Å²) in [5, 5.41) is 0. The van der Waals surface area contributed by atoms with Gasteiger partial charge in [-0.05, 0) is 43.4 Å². The van der Waals surface area contributed by atoms with E-state index in [-0.39, 0.29) is 0 Å². The van der Waals surface area contributed by atoms with E-state index in [9.17, 15) is 0 Å². The van der Waals surface area contributed by atoms with Crippen molar-refractivity contribution in [1.29, 1.82) is 0 Å². The van der Waals surface area contributed by atoms with E-state index in [0.29, 0.717) is 5.41 Å². The maximum absolute atomic E-state index is 2.43. The van der Waals surface area contributed by atoms with Gasteiger partial charge in [-0.3, -0.25) is 0 Å². The number of hydrogen-bond donors (Lipinski definition) is 0. The molecule has 0 amide bonds. The van der Waals surface area contributed by atoms with Crippen molar-refractivity contribution >= 4 is 0 Å². The minimum atomic E-state index is 0.526. The molecule has 0 unspecified atom stereocenters. The highest BCUT2D eigenvalue weighted by molar-refractivity contribution is 5.05. The zero-order chi connectivity index (χ0) is 9.90. The van der Waals surface area contributed by atoms with Gasteiger partial charge < -0.3 is 0 Å². The Bertz CT molecular complexity index is 171. The average Bonchev–Trinajstić information content (AvgIpc) is 2.04. The van der Waals surface area contributed by atoms with Crippen molar-refractivity contribution in [3.63, 3.8) is 0 Å². The lowest BCUT2D eigenvalue weighted by Crippen LogP contribution is -2.23. The summed E-state index contributed by atoms with van der Waals surface area (Å²) < 4.78 is 0. The van der Waals surface area contributed by atoms with Gasteiger partial charge in [0.15, 0.2) is 0 Å². The van der Waals surface area contributed by atoms with Crippen LogP contribution in [0, 0.1) is 11.3 Å². The smallest absolute Gasteiger partial charge is 0.0317 e. The lowest BCUT2D eigenvalue weighted by molar-refractivity contribution is 0.197. The van der Waals surface area contributed by atoms with Crippen molar-refractivity contribution in [2.75, 3.05) is 0 Å². The molecule has 0 aromatic heterocycles. The Morgan fingerprint density at radius 2 is 1.77 bits per heavy atom. The Balaban J connectivity index is 2.44. The van der Waals surface area contributed by atoms with Crippen molar-refractivity contribution in [1.82, 2.24) is 0 Å². The van der Waals surface area contributed by atoms with Gasteiger partial charge in [-0.15, -0.1) is 0 Å². The fourth-order valence-electron chi connectivity index (χ4n) is 2.35. The van der Waals surface area contributed by atoms with Crippen molar-refractivity contribution in [2.45, 2.75) is 59.8 Å². The second-order valence-corrected chi connectivity index (χ2v) is 5.41. The minimum absolute atomic E-state index is 0.526. The quantitative estimate of drug-likeness (QED) is 0.519. The average molecular weight is 180 g/mol. The van der Waals surface area contributed by atoms with E-state index in [4.69, 9.17) is 0 Å². The van der Waals surface area contributed by atoms with Crippen LogP contribution < -0.4 is 0 Å². The van der Waals surface area contributed by atoms with Crippen LogP contribution in [0.15, 0.2) is 11.6 Å². The van der Waals surface area contributed by atoms with Gasteiger partial charge in [0.25, 0.3) is 0 Å². The summed E-state index contributed by atoms with van der Waals surface area (Å²) in [7, 11) is 0. The van der Waals surface area contributed by atoms with Crippen LogP contribution in [0.5, 0.6) is 0 Å². The van der Waals surface area contributed by atoms with Crippen LogP contribution in [0.2, 0.25) is 0 Å². The molecule has 0 saturated heterocycles. The van der Waals surface area contributed by atoms with Gasteiger partial charge in [0.2, 0.25) is 0 Å². The van der Waals surface area contributed by atoms with E-state index in [0.717, 1.165) is 5.92 Å². The number of hydrogen-bond acceptors (Lipinski definition) is 0. The van der Waals surface area contributed by atoms with Crippen LogP contribution >= 0.6 is 0 Å². The molecule has 0 bridgehead atoms. The zero-order valence-corrected chi connectivity index (χ0v) is 9.69. The summed E-state index contributed by atoms with van der Waals surface area (Å²) in [4.78, 5) is 0. The van der Waals surface area contributed by atoms with Crippen molar-refractivity contribution < 1.29 is 0 Å². The van der Waals surface area contributed by atoms with Crippen LogP contribution in [-0.4, -0.2) is 0 Å². The van der Waals surface area contributed by atoms with Gasteiger partial charge in [0, 0.05) is 0 Å². The molecule has 0 aromatic rings. The van der Waals surface area contributed by atoms with Crippen LogP contribution in [-0.2, 0) is 0 Å². The van der Waals surface area contributed by atoms with Crippen molar-refractivity contribution in [2.24, 2.45) is 11.3 Å². The molecule has 0 heteroatoms. The summed E-state index contributed by atoms with van der Waals surface area (Å²) in [5.41, 5.74) is 2.24. The van der Waals surface area contributed by atoms with Crippen LogP contribution in [0.1, 0.15) is 59.8 Å². The summed E-state index contributed by atoms with van der Waals surface area (Å²) in [5.74, 6) is 0.946. The first-order chi connectivity index (χ1) is 6.04. The fraction of sp³-hybridized carbons (Fsp3) is 0.846. The Kier molecular flexibility index (Phi) is 3.58. The Morgan fingerprint density at radius 3 is 2.15 bits per heavy atom. The monoisotopic (exact) mass is 180 g/mol. The predicted octanol–water partition coefficient (Wildman–Crippen LogP) is 4.56. The Morgan fingerprint density at radius 1 is 1.23 bits per heavy atom. The van der Waals surface area contributed by atoms with Gasteiger partial charge in [0.1, 0.15) is 0 Å². The Hall–Kier alpha value is -0.260. The number of rotatable bonds is 1. The predicted molar refractivity (Wildman–Crippen MR) is 59.8 cm³/mol. The first-order valence-corrected chi connectivity index (χ1v) is 5.72. The molecular formula is C13H24. The van der Waals surface area contributed by atoms with E-state index >= 15 is 0 Å². The summed E-state index contributed by atoms with van der Waals surface area (Å²) >= 11 is 0. The number of allylic oxidation sites excluding steroid dienone is 2. The third-order valence-electron chi connectivity index (χ3n) is 3.35. The molecule has 1 aliphatic carbocycles. The Labute approximate surface area is 83.4 Å². The van der Waals surface area contributed by atoms with Crippen molar-refractivity contribution in [3.05, 3.63) is 11.6 Å². The highest BCUT2D eigenvalue weighted by Gasteiger charge is 2.26. The topological polar surface area (TPSA) is 0 Å². The van der Waals surface area contributed by atoms with E-state index in [1.807, 2.05) is 0 Å². The second kappa shape index (κ2) is 4.30. The molecule has 0 radical (unpaired) electrons. The normalized spacial score (nSPS) is 24.6. The van der Waals surface area contributed by atoms with E-state index in [2.05, 4.69) is 33.8 Å². The first kappa shape index (κ1) is 10.8. The standard InChI is InChI=1S/C13H24/c1-5-6-11-7-9-12(10-8-11)13(2,3)4/h6,12H,5,7-10H2,1-4H3. The third kappa shape index (κ3) is 3.17. The summed E-state index contributed by atoms with van der Waals surface area (Å²) in [6.45, 7) is 9.38. The molecule has 1 fully saturated rings. The minimum Gasteiger partial charge on any atom is -0.0856 e. The molecule has 0 spiro atoms. The highest BCUT2D eigenvalue weighted by Crippen LogP contribution is 2.39. The molecule has 0 heterocycles. The lowest BCUT2D eigenvalue weighted by atomic mass is 9.71. The van der Waals surface area contributed by atoms with Crippen LogP contribution in [0.4, 0.5) is 0 Å². The maximum atomic E-state index is 2.43. The van der Waals surface area contributed by atoms with E-state index in [1.165, 1.54) is 32.1 Å². The van der Waals surface area contributed by atoms with Gasteiger partial charge in [0.05, 0.1) is 0 Å². The van der Waals surface area contributed by atoms with E-state index < -0.39 is 0 Å². The molecule has 0 nitrogen and oxygen atoms in total. The molecule has 0 aliphatic heterocycles. The molecular weight excluding hydrogens is 156 g/mol. The van der Waals surface area contributed by atoms with Crippen LogP contribution in [0.3, 0.4) is 0 Å². The van der Waals surface area contributed by atoms with Gasteiger partial charge in [-0.1, -0.05) is 39.3 Å². The molecule has 0 aromatic carbocycles. The largest absolute Gasteiger partial charge is 0.0856 e. The molecule has 1 saturated carbocycles. The fourth-order valence-corrected chi connectivity index (χ4v) is 2.35. The highest BCUT2D eigenvalue weighted by atomic mass is 14.3. The maximum Gasteiger partial charge on any atom is -0.0317 e. The SMILES string of the molecule is CCC=C1CCC(C(C)(C)C)CC1.